The van der Waals surface area contributed by atoms with Gasteiger partial charge in [0.05, 0.1) is 0 Å². The minimum absolute atomic E-state index is 0.555. The summed E-state index contributed by atoms with van der Waals surface area (Å²) in [5.74, 6) is 0.673. The molecule has 1 aromatic rings. The third-order valence-electron chi connectivity index (χ3n) is 1.29. The van der Waals surface area contributed by atoms with E-state index in [9.17, 15) is 4.79 Å². The Morgan fingerprint density at radius 2 is 2.46 bits per heavy atom. The van der Waals surface area contributed by atoms with Gasteiger partial charge in [0.2, 0.25) is 5.91 Å². The van der Waals surface area contributed by atoms with Gasteiger partial charge in [-0.3, -0.25) is 4.79 Å². The van der Waals surface area contributed by atoms with Crippen molar-refractivity contribution >= 4 is 12.0 Å². The summed E-state index contributed by atoms with van der Waals surface area (Å²) in [6.45, 7) is 1.80. The van der Waals surface area contributed by atoms with E-state index in [4.69, 9.17) is 9.95 Å². The van der Waals surface area contributed by atoms with Gasteiger partial charge in [-0.1, -0.05) is 0 Å². The highest BCUT2D eigenvalue weighted by atomic mass is 16.3. The Hall–Kier alpha value is -2.00. The molecule has 0 radical (unpaired) electrons. The van der Waals surface area contributed by atoms with Gasteiger partial charge in [0, 0.05) is 4.91 Å². The van der Waals surface area contributed by atoms with Gasteiger partial charge in [-0.15, -0.1) is 0 Å². The molecule has 0 saturated heterocycles. The fraction of sp³-hybridized carbons (Fsp3) is 0.125. The predicted molar refractivity (Wildman–Crippen MR) is 46.6 cm³/mol. The number of rotatable bonds is 2. The molecule has 0 spiro atoms. The molecule has 0 bridgehead atoms. The van der Waals surface area contributed by atoms with E-state index in [2.05, 4.69) is 10.0 Å². The van der Waals surface area contributed by atoms with Crippen molar-refractivity contribution in [2.24, 2.45) is 5.11 Å². The molecule has 0 unspecified atom stereocenters. The van der Waals surface area contributed by atoms with Crippen molar-refractivity contribution < 1.29 is 9.21 Å². The van der Waals surface area contributed by atoms with Crippen molar-refractivity contribution in [2.75, 3.05) is 0 Å². The quantitative estimate of drug-likeness (QED) is 0.301. The molecule has 13 heavy (non-hydrogen) atoms. The molecule has 1 rings (SSSR count). The molecule has 0 aliphatic rings. The Morgan fingerprint density at radius 1 is 1.69 bits per heavy atom. The van der Waals surface area contributed by atoms with Crippen LogP contribution in [0.4, 0.5) is 0 Å². The molecule has 0 aromatic carbocycles. The molecule has 1 heterocycles. The second kappa shape index (κ2) is 4.13. The summed E-state index contributed by atoms with van der Waals surface area (Å²) in [4.78, 5) is 13.0. The minimum Gasteiger partial charge on any atom is -0.462 e. The number of furan rings is 1. The van der Waals surface area contributed by atoms with Crippen molar-refractivity contribution in [3.63, 3.8) is 0 Å². The SMILES string of the molecule is Cc1ccc(/C=C/C(=O)N=[N+]=[N-])o1. The third kappa shape index (κ3) is 2.84. The Morgan fingerprint density at radius 3 is 3.00 bits per heavy atom. The molecule has 5 heteroatoms. The second-order valence-corrected chi connectivity index (χ2v) is 2.31. The van der Waals surface area contributed by atoms with E-state index in [1.807, 2.05) is 0 Å². The summed E-state index contributed by atoms with van der Waals surface area (Å²) in [7, 11) is 0. The summed E-state index contributed by atoms with van der Waals surface area (Å²) < 4.78 is 5.14. The fourth-order valence-electron chi connectivity index (χ4n) is 0.774. The first kappa shape index (κ1) is 9.09. The van der Waals surface area contributed by atoms with Gasteiger partial charge in [-0.05, 0) is 41.9 Å². The molecular weight excluding hydrogens is 170 g/mol. The fourth-order valence-corrected chi connectivity index (χ4v) is 0.774. The maximum Gasteiger partial charge on any atom is 0.242 e. The molecule has 66 valence electrons. The van der Waals surface area contributed by atoms with E-state index in [0.29, 0.717) is 5.76 Å². The van der Waals surface area contributed by atoms with Crippen LogP contribution in [-0.2, 0) is 4.79 Å². The van der Waals surface area contributed by atoms with Crippen LogP contribution in [0.5, 0.6) is 0 Å². The molecule has 1 amide bonds. The van der Waals surface area contributed by atoms with Crippen molar-refractivity contribution in [3.05, 3.63) is 40.2 Å². The molecule has 0 N–H and O–H groups in total. The molecule has 0 atom stereocenters. The van der Waals surface area contributed by atoms with E-state index in [-0.39, 0.29) is 0 Å². The van der Waals surface area contributed by atoms with Crippen LogP contribution >= 0.6 is 0 Å². The average Bonchev–Trinajstić information content (AvgIpc) is 2.49. The number of hydrogen-bond donors (Lipinski definition) is 0. The highest BCUT2D eigenvalue weighted by molar-refractivity contribution is 5.91. The second-order valence-electron chi connectivity index (χ2n) is 2.31. The zero-order valence-electron chi connectivity index (χ0n) is 6.97. The smallest absolute Gasteiger partial charge is 0.242 e. The maximum atomic E-state index is 10.7. The summed E-state index contributed by atoms with van der Waals surface area (Å²) in [6, 6.07) is 3.49. The van der Waals surface area contributed by atoms with Gasteiger partial charge in [0.25, 0.3) is 0 Å². The molecule has 0 aliphatic heterocycles. The van der Waals surface area contributed by atoms with Crippen molar-refractivity contribution in [1.82, 2.24) is 0 Å². The summed E-state index contributed by atoms with van der Waals surface area (Å²) in [5, 5.41) is 2.86. The third-order valence-corrected chi connectivity index (χ3v) is 1.29. The van der Waals surface area contributed by atoms with Crippen LogP contribution in [-0.4, -0.2) is 5.91 Å². The predicted octanol–water partition coefficient (Wildman–Crippen LogP) is 2.44. The highest BCUT2D eigenvalue weighted by Gasteiger charge is 1.94. The molecule has 0 aliphatic carbocycles. The molecule has 0 fully saturated rings. The van der Waals surface area contributed by atoms with E-state index in [1.54, 1.807) is 19.1 Å². The Kier molecular flexibility index (Phi) is 2.89. The van der Waals surface area contributed by atoms with Crippen LogP contribution in [0.2, 0.25) is 0 Å². The number of amides is 1. The monoisotopic (exact) mass is 177 g/mol. The van der Waals surface area contributed by atoms with E-state index >= 15 is 0 Å². The first-order valence-corrected chi connectivity index (χ1v) is 3.56. The van der Waals surface area contributed by atoms with Crippen LogP contribution in [0.15, 0.2) is 27.7 Å². The topological polar surface area (TPSA) is 79.0 Å². The number of hydrogen-bond acceptors (Lipinski definition) is 2. The van der Waals surface area contributed by atoms with Gasteiger partial charge in [0.15, 0.2) is 0 Å². The summed E-state index contributed by atoms with van der Waals surface area (Å²) in [6.07, 6.45) is 2.60. The zero-order valence-corrected chi connectivity index (χ0v) is 6.97. The van der Waals surface area contributed by atoms with Crippen LogP contribution in [0.25, 0.3) is 16.5 Å². The van der Waals surface area contributed by atoms with Crippen molar-refractivity contribution in [2.45, 2.75) is 6.92 Å². The largest absolute Gasteiger partial charge is 0.462 e. The lowest BCUT2D eigenvalue weighted by molar-refractivity contribution is -0.113. The lowest BCUT2D eigenvalue weighted by Gasteiger charge is -1.82. The maximum absolute atomic E-state index is 10.7. The first-order valence-electron chi connectivity index (χ1n) is 3.56. The van der Waals surface area contributed by atoms with Crippen molar-refractivity contribution in [1.29, 1.82) is 0 Å². The summed E-state index contributed by atoms with van der Waals surface area (Å²) >= 11 is 0. The van der Waals surface area contributed by atoms with Gasteiger partial charge >= 0.3 is 0 Å². The van der Waals surface area contributed by atoms with E-state index in [0.717, 1.165) is 11.8 Å². The normalized spacial score (nSPS) is 9.92. The van der Waals surface area contributed by atoms with Crippen LogP contribution in [0, 0.1) is 6.92 Å². The number of azide groups is 1. The van der Waals surface area contributed by atoms with Gasteiger partial charge in [0.1, 0.15) is 11.5 Å². The van der Waals surface area contributed by atoms with Crippen LogP contribution < -0.4 is 0 Å². The van der Waals surface area contributed by atoms with Crippen LogP contribution in [0.1, 0.15) is 11.5 Å². The van der Waals surface area contributed by atoms with Gasteiger partial charge in [-0.2, -0.15) is 0 Å². The number of carbonyl (C=O) groups is 1. The zero-order chi connectivity index (χ0) is 9.68. The highest BCUT2D eigenvalue weighted by Crippen LogP contribution is 2.07. The molecule has 0 saturated carbocycles. The van der Waals surface area contributed by atoms with Crippen molar-refractivity contribution in [3.8, 4) is 0 Å². The number of nitrogens with zero attached hydrogens (tertiary/aromatic N) is 3. The number of carbonyl (C=O) groups excluding carboxylic acids is 1. The molecular formula is C8H7N3O2. The standard InChI is InChI=1S/C8H7N3O2/c1-6-2-3-7(13-6)4-5-8(12)10-11-9/h2-5H,1H3/b5-4+. The van der Waals surface area contributed by atoms with E-state index < -0.39 is 5.91 Å². The average molecular weight is 177 g/mol. The van der Waals surface area contributed by atoms with E-state index in [1.165, 1.54) is 6.08 Å². The van der Waals surface area contributed by atoms with Crippen LogP contribution in [0.3, 0.4) is 0 Å². The Balaban J connectivity index is 2.68. The molecule has 5 nitrogen and oxygen atoms in total. The Labute approximate surface area is 74.3 Å². The first-order chi connectivity index (χ1) is 6.22. The number of aryl methyl sites for hydroxylation is 1. The lowest BCUT2D eigenvalue weighted by Crippen LogP contribution is -1.81. The lowest BCUT2D eigenvalue weighted by atomic mass is 10.4. The van der Waals surface area contributed by atoms with Gasteiger partial charge in [-0.25, -0.2) is 0 Å². The van der Waals surface area contributed by atoms with Gasteiger partial charge < -0.3 is 4.42 Å². The molecule has 1 aromatic heterocycles. The summed E-state index contributed by atoms with van der Waals surface area (Å²) in [5.41, 5.74) is 7.92. The minimum atomic E-state index is -0.642. The Bertz CT molecular complexity index is 386.